The second-order valence-corrected chi connectivity index (χ2v) is 6.25. The van der Waals surface area contributed by atoms with E-state index in [-0.39, 0.29) is 24.0 Å². The molecule has 0 saturated heterocycles. The van der Waals surface area contributed by atoms with Gasteiger partial charge in [-0.15, -0.1) is 24.0 Å². The minimum absolute atomic E-state index is 0. The lowest BCUT2D eigenvalue weighted by atomic mass is 9.96. The zero-order valence-electron chi connectivity index (χ0n) is 15.4. The van der Waals surface area contributed by atoms with Gasteiger partial charge in [0.15, 0.2) is 5.96 Å². The summed E-state index contributed by atoms with van der Waals surface area (Å²) in [6.45, 7) is 2.14. The van der Waals surface area contributed by atoms with E-state index >= 15 is 0 Å². The third-order valence-electron chi connectivity index (χ3n) is 4.29. The van der Waals surface area contributed by atoms with Gasteiger partial charge in [-0.3, -0.25) is 4.99 Å². The van der Waals surface area contributed by atoms with E-state index in [0.717, 1.165) is 31.3 Å². The molecule has 0 spiro atoms. The van der Waals surface area contributed by atoms with Crippen molar-refractivity contribution >= 4 is 29.9 Å². The van der Waals surface area contributed by atoms with Gasteiger partial charge in [-0.05, 0) is 30.5 Å². The van der Waals surface area contributed by atoms with Gasteiger partial charge in [-0.25, -0.2) is 0 Å². The number of hydrogen-bond donors (Lipinski definition) is 2. The lowest BCUT2D eigenvalue weighted by molar-refractivity contribution is 0.172. The Kier molecular flexibility index (Phi) is 11.6. The molecule has 1 aliphatic rings. The van der Waals surface area contributed by atoms with Gasteiger partial charge in [-0.1, -0.05) is 31.4 Å². The number of nitrogens with one attached hydrogen (secondary N) is 2. The predicted molar refractivity (Wildman–Crippen MR) is 114 cm³/mol. The van der Waals surface area contributed by atoms with E-state index in [1.165, 1.54) is 37.7 Å². The second-order valence-electron chi connectivity index (χ2n) is 6.25. The van der Waals surface area contributed by atoms with Gasteiger partial charge in [-0.2, -0.15) is 0 Å². The fourth-order valence-electron chi connectivity index (χ4n) is 2.96. The van der Waals surface area contributed by atoms with Crippen LogP contribution in [0, 0.1) is 0 Å². The Morgan fingerprint density at radius 3 is 2.72 bits per heavy atom. The molecule has 0 bridgehead atoms. The molecule has 6 heteroatoms. The van der Waals surface area contributed by atoms with Crippen molar-refractivity contribution in [3.8, 4) is 5.75 Å². The molecule has 5 nitrogen and oxygen atoms in total. The molecule has 1 aromatic rings. The van der Waals surface area contributed by atoms with E-state index < -0.39 is 0 Å². The average Bonchev–Trinajstić information content (AvgIpc) is 2.63. The molecule has 142 valence electrons. The molecule has 1 saturated carbocycles. The topological polar surface area (TPSA) is 54.9 Å². The van der Waals surface area contributed by atoms with Crippen LogP contribution in [0.2, 0.25) is 0 Å². The van der Waals surface area contributed by atoms with Crippen LogP contribution >= 0.6 is 24.0 Å². The Hall–Kier alpha value is -1.02. The van der Waals surface area contributed by atoms with Crippen molar-refractivity contribution in [2.75, 3.05) is 27.4 Å². The van der Waals surface area contributed by atoms with Crippen LogP contribution in [0.15, 0.2) is 29.3 Å². The average molecular weight is 461 g/mol. The molecule has 2 rings (SSSR count). The molecule has 0 unspecified atom stereocenters. The monoisotopic (exact) mass is 461 g/mol. The SMILES string of the molecule is CN=C(NCc1cccc(OCCCOC)c1)NC1CCCCC1.I. The van der Waals surface area contributed by atoms with Crippen molar-refractivity contribution in [3.63, 3.8) is 0 Å². The zero-order valence-corrected chi connectivity index (χ0v) is 17.8. The van der Waals surface area contributed by atoms with Crippen LogP contribution < -0.4 is 15.4 Å². The number of ether oxygens (including phenoxy) is 2. The van der Waals surface area contributed by atoms with Gasteiger partial charge in [0.25, 0.3) is 0 Å². The summed E-state index contributed by atoms with van der Waals surface area (Å²) in [5, 5.41) is 6.93. The molecule has 2 N–H and O–H groups in total. The van der Waals surface area contributed by atoms with Crippen molar-refractivity contribution in [3.05, 3.63) is 29.8 Å². The van der Waals surface area contributed by atoms with Gasteiger partial charge in [0.05, 0.1) is 6.61 Å². The highest BCUT2D eigenvalue weighted by Crippen LogP contribution is 2.17. The zero-order chi connectivity index (χ0) is 17.0. The first-order valence-electron chi connectivity index (χ1n) is 8.99. The standard InChI is InChI=1S/C19H31N3O2.HI/c1-20-19(22-17-9-4-3-5-10-17)21-15-16-8-6-11-18(14-16)24-13-7-12-23-2;/h6,8,11,14,17H,3-5,7,9-10,12-13,15H2,1-2H3,(H2,20,21,22);1H. The van der Waals surface area contributed by atoms with Gasteiger partial charge < -0.3 is 20.1 Å². The third-order valence-corrected chi connectivity index (χ3v) is 4.29. The number of guanidine groups is 1. The quantitative estimate of drug-likeness (QED) is 0.268. The highest BCUT2D eigenvalue weighted by atomic mass is 127. The first-order chi connectivity index (χ1) is 11.8. The maximum atomic E-state index is 5.75. The molecule has 0 atom stereocenters. The predicted octanol–water partition coefficient (Wildman–Crippen LogP) is 3.72. The van der Waals surface area contributed by atoms with Crippen molar-refractivity contribution in [2.24, 2.45) is 4.99 Å². The number of aliphatic imine (C=N–C) groups is 1. The van der Waals surface area contributed by atoms with Crippen LogP contribution in [0.4, 0.5) is 0 Å². The van der Waals surface area contributed by atoms with E-state index in [0.29, 0.717) is 12.6 Å². The molecular weight excluding hydrogens is 429 g/mol. The summed E-state index contributed by atoms with van der Waals surface area (Å²) >= 11 is 0. The number of methoxy groups -OCH3 is 1. The fourth-order valence-corrected chi connectivity index (χ4v) is 2.96. The van der Waals surface area contributed by atoms with E-state index in [9.17, 15) is 0 Å². The van der Waals surface area contributed by atoms with Gasteiger partial charge in [0.1, 0.15) is 5.75 Å². The number of halogens is 1. The molecule has 1 aliphatic carbocycles. The highest BCUT2D eigenvalue weighted by molar-refractivity contribution is 14.0. The lowest BCUT2D eigenvalue weighted by Crippen LogP contribution is -2.43. The summed E-state index contributed by atoms with van der Waals surface area (Å²) in [5.41, 5.74) is 1.19. The maximum Gasteiger partial charge on any atom is 0.191 e. The molecule has 25 heavy (non-hydrogen) atoms. The number of rotatable bonds is 8. The fraction of sp³-hybridized carbons (Fsp3) is 0.632. The van der Waals surface area contributed by atoms with E-state index in [1.807, 2.05) is 19.2 Å². The van der Waals surface area contributed by atoms with E-state index in [2.05, 4.69) is 27.8 Å². The van der Waals surface area contributed by atoms with Crippen LogP contribution in [0.5, 0.6) is 5.75 Å². The second kappa shape index (κ2) is 13.2. The molecule has 1 fully saturated rings. The normalized spacial score (nSPS) is 15.4. The molecule has 0 aliphatic heterocycles. The summed E-state index contributed by atoms with van der Waals surface area (Å²) in [4.78, 5) is 4.34. The lowest BCUT2D eigenvalue weighted by Gasteiger charge is -2.24. The van der Waals surface area contributed by atoms with Crippen LogP contribution in [0.25, 0.3) is 0 Å². The number of nitrogens with zero attached hydrogens (tertiary/aromatic N) is 1. The van der Waals surface area contributed by atoms with Crippen LogP contribution in [-0.2, 0) is 11.3 Å². The van der Waals surface area contributed by atoms with Gasteiger partial charge in [0.2, 0.25) is 0 Å². The Morgan fingerprint density at radius 1 is 1.20 bits per heavy atom. The smallest absolute Gasteiger partial charge is 0.191 e. The van der Waals surface area contributed by atoms with Crippen molar-refractivity contribution in [1.82, 2.24) is 10.6 Å². The minimum Gasteiger partial charge on any atom is -0.493 e. The summed E-state index contributed by atoms with van der Waals surface area (Å²) < 4.78 is 10.8. The van der Waals surface area contributed by atoms with E-state index in [1.54, 1.807) is 7.11 Å². The van der Waals surface area contributed by atoms with Crippen molar-refractivity contribution in [2.45, 2.75) is 51.1 Å². The van der Waals surface area contributed by atoms with Crippen molar-refractivity contribution in [1.29, 1.82) is 0 Å². The Bertz CT molecular complexity index is 505. The Labute approximate surface area is 169 Å². The molecule has 1 aromatic carbocycles. The van der Waals surface area contributed by atoms with E-state index in [4.69, 9.17) is 9.47 Å². The first-order valence-corrected chi connectivity index (χ1v) is 8.99. The van der Waals surface area contributed by atoms with Gasteiger partial charge in [0, 0.05) is 39.8 Å². The van der Waals surface area contributed by atoms with Crippen LogP contribution in [0.1, 0.15) is 44.1 Å². The maximum absolute atomic E-state index is 5.75. The highest BCUT2D eigenvalue weighted by Gasteiger charge is 2.14. The van der Waals surface area contributed by atoms with Gasteiger partial charge >= 0.3 is 0 Å². The summed E-state index contributed by atoms with van der Waals surface area (Å²) in [7, 11) is 3.54. The summed E-state index contributed by atoms with van der Waals surface area (Å²) in [6, 6.07) is 8.75. The summed E-state index contributed by atoms with van der Waals surface area (Å²) in [5.74, 6) is 1.79. The number of hydrogen-bond acceptors (Lipinski definition) is 3. The minimum atomic E-state index is 0. The molecule has 0 aromatic heterocycles. The Morgan fingerprint density at radius 2 is 2.00 bits per heavy atom. The summed E-state index contributed by atoms with van der Waals surface area (Å²) in [6.07, 6.45) is 7.38. The Balaban J connectivity index is 0.00000312. The van der Waals surface area contributed by atoms with Crippen LogP contribution in [0.3, 0.4) is 0 Å². The third kappa shape index (κ3) is 8.76. The molecule has 0 amide bonds. The van der Waals surface area contributed by atoms with Crippen LogP contribution in [-0.4, -0.2) is 39.4 Å². The molecule has 0 heterocycles. The van der Waals surface area contributed by atoms with Crippen molar-refractivity contribution < 1.29 is 9.47 Å². The first kappa shape index (κ1) is 22.0. The number of benzene rings is 1. The molecule has 0 radical (unpaired) electrons. The largest absolute Gasteiger partial charge is 0.493 e. The molecular formula is C19H32IN3O2.